The van der Waals surface area contributed by atoms with Crippen molar-refractivity contribution in [3.05, 3.63) is 18.2 Å². The summed E-state index contributed by atoms with van der Waals surface area (Å²) in [4.78, 5) is 2.40. The largest absolute Gasteiger partial charge is 0.489 e. The Hall–Kier alpha value is -1.50. The van der Waals surface area contributed by atoms with Crippen molar-refractivity contribution in [1.29, 1.82) is 0 Å². The Bertz CT molecular complexity index is 546. The van der Waals surface area contributed by atoms with Gasteiger partial charge in [-0.3, -0.25) is 0 Å². The van der Waals surface area contributed by atoms with Crippen LogP contribution in [-0.4, -0.2) is 77.2 Å². The van der Waals surface area contributed by atoms with Crippen LogP contribution >= 0.6 is 0 Å². The van der Waals surface area contributed by atoms with Crippen LogP contribution in [0.4, 0.5) is 11.4 Å². The number of morpholine rings is 1. The van der Waals surface area contributed by atoms with Gasteiger partial charge in [0, 0.05) is 31.3 Å². The molecule has 1 fully saturated rings. The van der Waals surface area contributed by atoms with Gasteiger partial charge < -0.3 is 29.9 Å². The van der Waals surface area contributed by atoms with Crippen LogP contribution in [0.1, 0.15) is 12.8 Å². The molecule has 0 spiro atoms. The van der Waals surface area contributed by atoms with Crippen molar-refractivity contribution in [3.8, 4) is 5.75 Å². The van der Waals surface area contributed by atoms with E-state index in [9.17, 15) is 0 Å². The Morgan fingerprint density at radius 3 is 2.80 bits per heavy atom. The maximum Gasteiger partial charge on any atom is 0.144 e. The summed E-state index contributed by atoms with van der Waals surface area (Å²) in [6, 6.07) is 5.95. The number of hydrogen-bond donors (Lipinski definition) is 2. The van der Waals surface area contributed by atoms with Gasteiger partial charge in [-0.05, 0) is 25.1 Å². The Kier molecular flexibility index (Phi) is 6.39. The van der Waals surface area contributed by atoms with Crippen LogP contribution in [-0.2, 0) is 4.74 Å². The van der Waals surface area contributed by atoms with Gasteiger partial charge in [0.2, 0.25) is 0 Å². The fourth-order valence-corrected chi connectivity index (χ4v) is 3.64. The molecule has 140 valence electrons. The summed E-state index contributed by atoms with van der Waals surface area (Å²) in [5.74, 6) is 0.918. The van der Waals surface area contributed by atoms with Gasteiger partial charge in [0.15, 0.2) is 0 Å². The van der Waals surface area contributed by atoms with Crippen LogP contribution in [0.15, 0.2) is 18.2 Å². The summed E-state index contributed by atoms with van der Waals surface area (Å²) in [7, 11) is 2.35. The molecule has 0 aliphatic carbocycles. The zero-order chi connectivity index (χ0) is 17.5. The predicted octanol–water partition coefficient (Wildman–Crippen LogP) is 1.31. The van der Waals surface area contributed by atoms with Gasteiger partial charge in [0.25, 0.3) is 0 Å². The highest BCUT2D eigenvalue weighted by molar-refractivity contribution is 5.65. The molecule has 6 heteroatoms. The molecule has 25 heavy (non-hydrogen) atoms. The van der Waals surface area contributed by atoms with Crippen LogP contribution in [0.25, 0.3) is 0 Å². The number of likely N-dealkylation sites (N-methyl/N-ethyl adjacent to an activating group) is 1. The van der Waals surface area contributed by atoms with Gasteiger partial charge in [-0.25, -0.2) is 0 Å². The van der Waals surface area contributed by atoms with E-state index in [4.69, 9.17) is 15.2 Å². The zero-order valence-electron chi connectivity index (χ0n) is 15.5. The number of ether oxygens (including phenoxy) is 2. The molecule has 2 heterocycles. The van der Waals surface area contributed by atoms with E-state index >= 15 is 0 Å². The number of nitrogens with two attached hydrogens (primary N) is 1. The van der Waals surface area contributed by atoms with Crippen molar-refractivity contribution in [2.75, 3.05) is 83.3 Å². The molecular weight excluding hydrogens is 316 g/mol. The minimum Gasteiger partial charge on any atom is -0.489 e. The molecule has 0 atom stereocenters. The second kappa shape index (κ2) is 8.74. The summed E-state index contributed by atoms with van der Waals surface area (Å²) in [6.07, 6.45) is 2.37. The molecular formula is C19H33N4O2+. The van der Waals surface area contributed by atoms with E-state index in [0.717, 1.165) is 81.4 Å². The molecule has 3 rings (SSSR count). The van der Waals surface area contributed by atoms with Crippen molar-refractivity contribution in [2.24, 2.45) is 0 Å². The molecule has 0 bridgehead atoms. The lowest BCUT2D eigenvalue weighted by atomic mass is 10.2. The number of anilines is 2. The number of hydrogen-bond acceptors (Lipinski definition) is 5. The highest BCUT2D eigenvalue weighted by atomic mass is 16.5. The van der Waals surface area contributed by atoms with Crippen LogP contribution in [0, 0.1) is 0 Å². The Morgan fingerprint density at radius 1 is 1.16 bits per heavy atom. The Morgan fingerprint density at radius 2 is 1.96 bits per heavy atom. The molecule has 3 N–H and O–H groups in total. The number of fused-ring (bicyclic) bond motifs is 1. The first-order valence-electron chi connectivity index (χ1n) is 9.56. The summed E-state index contributed by atoms with van der Waals surface area (Å²) in [5.41, 5.74) is 7.78. The highest BCUT2D eigenvalue weighted by Gasteiger charge is 2.24. The van der Waals surface area contributed by atoms with Crippen molar-refractivity contribution in [2.45, 2.75) is 12.8 Å². The smallest absolute Gasteiger partial charge is 0.144 e. The van der Waals surface area contributed by atoms with Crippen molar-refractivity contribution in [1.82, 2.24) is 5.32 Å². The minimum atomic E-state index is 0.740. The summed E-state index contributed by atoms with van der Waals surface area (Å²) in [6.45, 7) is 10.3. The molecule has 0 unspecified atom stereocenters. The SMILES string of the molecule is C[N+]1(CCCNCCCN2CCOc3cc(N)ccc32)CCOCC1. The number of nitrogens with zero attached hydrogens (tertiary/aromatic N) is 2. The molecule has 1 saturated heterocycles. The van der Waals surface area contributed by atoms with Crippen LogP contribution in [0.5, 0.6) is 5.75 Å². The number of nitrogens with one attached hydrogen (secondary N) is 1. The molecule has 6 nitrogen and oxygen atoms in total. The predicted molar refractivity (Wildman–Crippen MR) is 102 cm³/mol. The summed E-state index contributed by atoms with van der Waals surface area (Å²) in [5, 5.41) is 3.60. The lowest BCUT2D eigenvalue weighted by molar-refractivity contribution is -0.917. The number of nitrogen functional groups attached to an aromatic ring is 1. The zero-order valence-corrected chi connectivity index (χ0v) is 15.5. The number of quaternary nitrogens is 1. The minimum absolute atomic E-state index is 0.740. The lowest BCUT2D eigenvalue weighted by Gasteiger charge is -2.37. The number of benzene rings is 1. The van der Waals surface area contributed by atoms with Crippen LogP contribution < -0.4 is 20.7 Å². The highest BCUT2D eigenvalue weighted by Crippen LogP contribution is 2.33. The van der Waals surface area contributed by atoms with Gasteiger partial charge in [-0.1, -0.05) is 0 Å². The van der Waals surface area contributed by atoms with E-state index in [2.05, 4.69) is 23.3 Å². The Balaban J connectivity index is 1.30. The van der Waals surface area contributed by atoms with Crippen molar-refractivity contribution < 1.29 is 14.0 Å². The number of rotatable bonds is 8. The first kappa shape index (κ1) is 18.3. The molecule has 0 amide bonds. The van der Waals surface area contributed by atoms with E-state index in [1.165, 1.54) is 18.7 Å². The van der Waals surface area contributed by atoms with Crippen LogP contribution in [0.3, 0.4) is 0 Å². The molecule has 1 aromatic carbocycles. The van der Waals surface area contributed by atoms with Crippen molar-refractivity contribution >= 4 is 11.4 Å². The normalized spacial score (nSPS) is 19.3. The van der Waals surface area contributed by atoms with E-state index in [1.54, 1.807) is 0 Å². The fourth-order valence-electron chi connectivity index (χ4n) is 3.64. The monoisotopic (exact) mass is 349 g/mol. The topological polar surface area (TPSA) is 59.8 Å². The first-order valence-corrected chi connectivity index (χ1v) is 9.56. The third-order valence-corrected chi connectivity index (χ3v) is 5.33. The Labute approximate surface area is 151 Å². The van der Waals surface area contributed by atoms with E-state index in [1.807, 2.05) is 12.1 Å². The maximum atomic E-state index is 5.84. The lowest BCUT2D eigenvalue weighted by Crippen LogP contribution is -2.52. The summed E-state index contributed by atoms with van der Waals surface area (Å²) >= 11 is 0. The quantitative estimate of drug-likeness (QED) is 0.421. The molecule has 0 aromatic heterocycles. The average molecular weight is 349 g/mol. The fraction of sp³-hybridized carbons (Fsp3) is 0.684. The standard InChI is InChI=1S/C19H33N4O2/c1-23(11-14-24-15-12-23)10-3-7-21-6-2-8-22-9-13-25-19-16-17(20)4-5-18(19)22/h4-5,16,21H,2-3,6-15,20H2,1H3/q+1. The van der Waals surface area contributed by atoms with Gasteiger partial charge in [0.05, 0.1) is 39.0 Å². The second-order valence-electron chi connectivity index (χ2n) is 7.42. The van der Waals surface area contributed by atoms with Crippen molar-refractivity contribution in [3.63, 3.8) is 0 Å². The molecule has 2 aliphatic rings. The van der Waals surface area contributed by atoms with Gasteiger partial charge >= 0.3 is 0 Å². The van der Waals surface area contributed by atoms with Gasteiger partial charge in [0.1, 0.15) is 25.4 Å². The first-order chi connectivity index (χ1) is 12.2. The molecule has 1 aromatic rings. The third kappa shape index (κ3) is 5.23. The molecule has 2 aliphatic heterocycles. The molecule has 0 radical (unpaired) electrons. The van der Waals surface area contributed by atoms with E-state index in [-0.39, 0.29) is 0 Å². The van der Waals surface area contributed by atoms with E-state index in [0.29, 0.717) is 0 Å². The second-order valence-corrected chi connectivity index (χ2v) is 7.42. The van der Waals surface area contributed by atoms with Gasteiger partial charge in [-0.2, -0.15) is 0 Å². The van der Waals surface area contributed by atoms with E-state index < -0.39 is 0 Å². The van der Waals surface area contributed by atoms with Crippen LogP contribution in [0.2, 0.25) is 0 Å². The average Bonchev–Trinajstić information content (AvgIpc) is 2.61. The molecule has 0 saturated carbocycles. The van der Waals surface area contributed by atoms with Gasteiger partial charge in [-0.15, -0.1) is 0 Å². The third-order valence-electron chi connectivity index (χ3n) is 5.33. The summed E-state index contributed by atoms with van der Waals surface area (Å²) < 4.78 is 12.3. The maximum absolute atomic E-state index is 5.84.